The van der Waals surface area contributed by atoms with Crippen LogP contribution in [-0.4, -0.2) is 45.9 Å². The van der Waals surface area contributed by atoms with E-state index in [1.165, 1.54) is 0 Å². The molecule has 2 N–H and O–H groups in total. The Bertz CT molecular complexity index is 1770. The maximum absolute atomic E-state index is 8.99. The Morgan fingerprint density at radius 2 is 0.905 bits per heavy atom. The van der Waals surface area contributed by atoms with Gasteiger partial charge in [0.1, 0.15) is 13.6 Å². The van der Waals surface area contributed by atoms with Gasteiger partial charge in [-0.15, -0.1) is 0 Å². The van der Waals surface area contributed by atoms with Crippen molar-refractivity contribution >= 4 is 49.8 Å². The predicted molar refractivity (Wildman–Crippen MR) is 161 cm³/mol. The molecule has 9 heteroatoms. The molecule has 0 saturated heterocycles. The summed E-state index contributed by atoms with van der Waals surface area (Å²) in [6.45, 7) is 0.262. The van der Waals surface area contributed by atoms with Gasteiger partial charge in [-0.25, -0.2) is 0 Å². The Labute approximate surface area is 242 Å². The third kappa shape index (κ3) is 5.91. The van der Waals surface area contributed by atoms with Crippen molar-refractivity contribution in [2.45, 2.75) is 19.8 Å². The zero-order valence-electron chi connectivity index (χ0n) is 23.1. The van der Waals surface area contributed by atoms with Crippen LogP contribution in [0.4, 0.5) is 17.1 Å². The van der Waals surface area contributed by atoms with Gasteiger partial charge in [0.2, 0.25) is 0 Å². The minimum Gasteiger partial charge on any atom is -0.378 e. The van der Waals surface area contributed by atoms with E-state index in [1.54, 1.807) is 7.11 Å². The molecule has 0 aliphatic rings. The maximum Gasteiger partial charge on any atom is 0.144 e. The molecule has 9 nitrogen and oxygen atoms in total. The molecule has 0 amide bonds. The Morgan fingerprint density at radius 1 is 0.524 bits per heavy atom. The average molecular weight is 563 g/mol. The summed E-state index contributed by atoms with van der Waals surface area (Å²) in [7, 11) is 1.67. The number of benzene rings is 3. The number of hydrogen-bond donors (Lipinski definition) is 2. The zero-order chi connectivity index (χ0) is 28.9. The van der Waals surface area contributed by atoms with Gasteiger partial charge in [-0.2, -0.15) is 0 Å². The summed E-state index contributed by atoms with van der Waals surface area (Å²) in [5, 5.41) is 21.0. The molecule has 3 heterocycles. The van der Waals surface area contributed by atoms with Crippen LogP contribution in [0.25, 0.3) is 32.7 Å². The lowest BCUT2D eigenvalue weighted by Gasteiger charge is -2.26. The van der Waals surface area contributed by atoms with Crippen molar-refractivity contribution < 1.29 is 24.4 Å². The van der Waals surface area contributed by atoms with Gasteiger partial charge in [0.15, 0.2) is 0 Å². The number of anilines is 3. The highest BCUT2D eigenvalue weighted by Gasteiger charge is 2.16. The first-order valence-corrected chi connectivity index (χ1v) is 13.5. The monoisotopic (exact) mass is 562 g/mol. The van der Waals surface area contributed by atoms with Crippen LogP contribution in [0.1, 0.15) is 17.1 Å². The SMILES string of the molecule is COCc1ccc2cc(N(c3ccc4nc(COCO)ccc4c3)c3ccc4nc(COCO)ccc4c3)ccc2n1. The highest BCUT2D eigenvalue weighted by atomic mass is 16.6. The van der Waals surface area contributed by atoms with Gasteiger partial charge < -0.3 is 29.3 Å². The second-order valence-corrected chi connectivity index (χ2v) is 9.76. The number of ether oxygens (including phenoxy) is 3. The molecule has 0 saturated carbocycles. The van der Waals surface area contributed by atoms with E-state index < -0.39 is 0 Å². The van der Waals surface area contributed by atoms with Crippen LogP contribution in [0.3, 0.4) is 0 Å². The molecule has 0 aliphatic heterocycles. The lowest BCUT2D eigenvalue weighted by atomic mass is 10.1. The van der Waals surface area contributed by atoms with Crippen molar-refractivity contribution in [3.8, 4) is 0 Å². The van der Waals surface area contributed by atoms with Gasteiger partial charge in [0.05, 0.1) is 53.5 Å². The molecule has 0 unspecified atom stereocenters. The first-order valence-electron chi connectivity index (χ1n) is 13.5. The molecule has 3 aromatic heterocycles. The summed E-state index contributed by atoms with van der Waals surface area (Å²) < 4.78 is 15.5. The summed E-state index contributed by atoms with van der Waals surface area (Å²) in [4.78, 5) is 16.3. The average Bonchev–Trinajstić information content (AvgIpc) is 3.03. The van der Waals surface area contributed by atoms with E-state index in [-0.39, 0.29) is 26.8 Å². The Kier molecular flexibility index (Phi) is 8.27. The fourth-order valence-corrected chi connectivity index (χ4v) is 5.02. The standard InChI is InChI=1S/C33H30N4O5/c1-40-17-25-5-2-22-14-28(8-11-31(22)34-25)37(29-9-12-32-23(15-29)3-6-26(35-32)18-41-20-38)30-10-13-33-24(16-30)4-7-27(36-33)19-42-21-39/h2-16,38-39H,17-21H2,1H3. The van der Waals surface area contributed by atoms with Crippen molar-refractivity contribution in [1.29, 1.82) is 0 Å². The van der Waals surface area contributed by atoms with Crippen LogP contribution in [0.15, 0.2) is 91.0 Å². The van der Waals surface area contributed by atoms with Gasteiger partial charge in [-0.05, 0) is 72.8 Å². The number of methoxy groups -OCH3 is 1. The van der Waals surface area contributed by atoms with Crippen molar-refractivity contribution in [2.75, 3.05) is 25.6 Å². The van der Waals surface area contributed by atoms with Gasteiger partial charge in [-0.1, -0.05) is 18.2 Å². The number of hydrogen-bond acceptors (Lipinski definition) is 9. The highest BCUT2D eigenvalue weighted by Crippen LogP contribution is 2.38. The van der Waals surface area contributed by atoms with Crippen molar-refractivity contribution in [1.82, 2.24) is 15.0 Å². The Hall–Kier alpha value is -4.51. The van der Waals surface area contributed by atoms with Crippen LogP contribution in [0.5, 0.6) is 0 Å². The molecule has 0 bridgehead atoms. The number of fused-ring (bicyclic) bond motifs is 3. The first-order chi connectivity index (χ1) is 20.6. The van der Waals surface area contributed by atoms with Crippen molar-refractivity contribution in [3.05, 3.63) is 108 Å². The smallest absolute Gasteiger partial charge is 0.144 e. The summed E-state index contributed by atoms with van der Waals surface area (Å²) >= 11 is 0. The molecule has 0 aliphatic carbocycles. The van der Waals surface area contributed by atoms with Crippen LogP contribution in [0.2, 0.25) is 0 Å². The summed E-state index contributed by atoms with van der Waals surface area (Å²) in [6.07, 6.45) is 0. The molecule has 3 aromatic carbocycles. The third-order valence-corrected chi connectivity index (χ3v) is 6.94. The van der Waals surface area contributed by atoms with E-state index in [0.717, 1.165) is 66.9 Å². The molecule has 0 spiro atoms. The van der Waals surface area contributed by atoms with E-state index in [0.29, 0.717) is 6.61 Å². The van der Waals surface area contributed by atoms with Crippen molar-refractivity contribution in [2.24, 2.45) is 0 Å². The fourth-order valence-electron chi connectivity index (χ4n) is 5.02. The van der Waals surface area contributed by atoms with Gasteiger partial charge in [-0.3, -0.25) is 15.0 Å². The second-order valence-electron chi connectivity index (χ2n) is 9.76. The normalized spacial score (nSPS) is 11.5. The van der Waals surface area contributed by atoms with Crippen molar-refractivity contribution in [3.63, 3.8) is 0 Å². The molecule has 42 heavy (non-hydrogen) atoms. The van der Waals surface area contributed by atoms with Crippen LogP contribution >= 0.6 is 0 Å². The van der Waals surface area contributed by atoms with Crippen LogP contribution in [-0.2, 0) is 34.0 Å². The zero-order valence-corrected chi connectivity index (χ0v) is 23.1. The Morgan fingerprint density at radius 3 is 1.26 bits per heavy atom. The summed E-state index contributed by atoms with van der Waals surface area (Å²) in [6, 6.07) is 30.5. The minimum atomic E-state index is -0.346. The number of aliphatic hydroxyl groups excluding tert-OH is 2. The lowest BCUT2D eigenvalue weighted by Crippen LogP contribution is -2.10. The molecule has 6 rings (SSSR count). The van der Waals surface area contributed by atoms with Gasteiger partial charge >= 0.3 is 0 Å². The molecule has 0 fully saturated rings. The van der Waals surface area contributed by atoms with E-state index in [1.807, 2.05) is 60.7 Å². The van der Waals surface area contributed by atoms with Crippen LogP contribution in [0, 0.1) is 0 Å². The number of rotatable bonds is 11. The van der Waals surface area contributed by atoms with Gasteiger partial charge in [0.25, 0.3) is 0 Å². The first kappa shape index (κ1) is 27.6. The molecule has 0 radical (unpaired) electrons. The topological polar surface area (TPSA) is 110 Å². The molecule has 6 aromatic rings. The molecule has 0 atom stereocenters. The maximum atomic E-state index is 8.99. The second kappa shape index (κ2) is 12.6. The lowest BCUT2D eigenvalue weighted by molar-refractivity contribution is -0.0126. The quantitative estimate of drug-likeness (QED) is 0.187. The summed E-state index contributed by atoms with van der Waals surface area (Å²) in [5.74, 6) is 0. The number of aliphatic hydroxyl groups is 2. The van der Waals surface area contributed by atoms with Crippen LogP contribution < -0.4 is 4.90 Å². The van der Waals surface area contributed by atoms with Gasteiger partial charge in [0, 0.05) is 40.3 Å². The largest absolute Gasteiger partial charge is 0.378 e. The molecule has 212 valence electrons. The van der Waals surface area contributed by atoms with E-state index in [4.69, 9.17) is 29.4 Å². The number of aromatic nitrogens is 3. The van der Waals surface area contributed by atoms with E-state index in [2.05, 4.69) is 45.2 Å². The number of nitrogens with zero attached hydrogens (tertiary/aromatic N) is 4. The van der Waals surface area contributed by atoms with E-state index >= 15 is 0 Å². The highest BCUT2D eigenvalue weighted by molar-refractivity contribution is 5.93. The predicted octanol–water partition coefficient (Wildman–Crippen LogP) is 5.88. The molecular formula is C33H30N4O5. The number of pyridine rings is 3. The van der Waals surface area contributed by atoms with E-state index in [9.17, 15) is 0 Å². The third-order valence-electron chi connectivity index (χ3n) is 6.94. The minimum absolute atomic E-state index is 0.247. The summed E-state index contributed by atoms with van der Waals surface area (Å²) in [5.41, 5.74) is 7.87. The Balaban J connectivity index is 1.45. The fraction of sp³-hybridized carbons (Fsp3) is 0.182. The molecular weight excluding hydrogens is 532 g/mol.